The van der Waals surface area contributed by atoms with Gasteiger partial charge < -0.3 is 5.11 Å². The lowest BCUT2D eigenvalue weighted by molar-refractivity contribution is 0.205. The fourth-order valence-electron chi connectivity index (χ4n) is 1.12. The van der Waals surface area contributed by atoms with Crippen molar-refractivity contribution in [1.82, 2.24) is 0 Å². The largest absolute Gasteiger partial charge is 0.388 e. The maximum atomic E-state index is 11.1. The standard InChI is InChI=1S/C9H11Br2NO3S/c1-16(14,15)12-8-4-6(9(13)5-10)2-3-7(8)11/h2-4,9,12-13H,5H2,1H3. The fourth-order valence-corrected chi connectivity index (χ4v) is 2.54. The monoisotopic (exact) mass is 371 g/mol. The molecule has 0 saturated heterocycles. The van der Waals surface area contributed by atoms with Crippen molar-refractivity contribution in [3.63, 3.8) is 0 Å². The third-order valence-electron chi connectivity index (χ3n) is 1.82. The summed E-state index contributed by atoms with van der Waals surface area (Å²) in [5.74, 6) is 0. The van der Waals surface area contributed by atoms with Gasteiger partial charge in [0.15, 0.2) is 0 Å². The SMILES string of the molecule is CS(=O)(=O)Nc1cc(C(O)CBr)ccc1Br. The number of rotatable bonds is 4. The molecule has 0 saturated carbocycles. The van der Waals surface area contributed by atoms with E-state index in [0.717, 1.165) is 6.26 Å². The molecule has 0 aliphatic heterocycles. The van der Waals surface area contributed by atoms with Crippen LogP contribution in [0, 0.1) is 0 Å². The van der Waals surface area contributed by atoms with Crippen LogP contribution in [0.15, 0.2) is 22.7 Å². The molecule has 7 heteroatoms. The van der Waals surface area contributed by atoms with Crippen molar-refractivity contribution in [1.29, 1.82) is 0 Å². The van der Waals surface area contributed by atoms with Crippen LogP contribution in [0.3, 0.4) is 0 Å². The van der Waals surface area contributed by atoms with Crippen LogP contribution < -0.4 is 4.72 Å². The van der Waals surface area contributed by atoms with Crippen molar-refractivity contribution < 1.29 is 13.5 Å². The first-order valence-electron chi connectivity index (χ1n) is 4.35. The predicted molar refractivity (Wildman–Crippen MR) is 71.4 cm³/mol. The Balaban J connectivity index is 3.09. The molecule has 1 aromatic rings. The molecule has 0 aliphatic rings. The molecule has 0 amide bonds. The number of halogens is 2. The molecular formula is C9H11Br2NO3S. The molecule has 0 radical (unpaired) electrons. The first-order chi connectivity index (χ1) is 7.33. The number of alkyl halides is 1. The van der Waals surface area contributed by atoms with E-state index in [4.69, 9.17) is 0 Å². The average molecular weight is 373 g/mol. The second kappa shape index (κ2) is 5.48. The maximum absolute atomic E-state index is 11.1. The lowest BCUT2D eigenvalue weighted by Gasteiger charge is -2.11. The third-order valence-corrected chi connectivity index (χ3v) is 3.71. The fraction of sp³-hybridized carbons (Fsp3) is 0.333. The zero-order chi connectivity index (χ0) is 12.3. The van der Waals surface area contributed by atoms with Crippen LogP contribution in [0.25, 0.3) is 0 Å². The number of benzene rings is 1. The predicted octanol–water partition coefficient (Wildman–Crippen LogP) is 2.25. The van der Waals surface area contributed by atoms with Gasteiger partial charge in [-0.05, 0) is 33.6 Å². The molecule has 1 rings (SSSR count). The van der Waals surface area contributed by atoms with E-state index in [9.17, 15) is 13.5 Å². The van der Waals surface area contributed by atoms with Gasteiger partial charge in [0.2, 0.25) is 10.0 Å². The van der Waals surface area contributed by atoms with Crippen LogP contribution >= 0.6 is 31.9 Å². The highest BCUT2D eigenvalue weighted by Crippen LogP contribution is 2.27. The van der Waals surface area contributed by atoms with Gasteiger partial charge in [0, 0.05) is 9.80 Å². The summed E-state index contributed by atoms with van der Waals surface area (Å²) in [5, 5.41) is 10.00. The zero-order valence-corrected chi connectivity index (χ0v) is 12.4. The number of aliphatic hydroxyl groups excluding tert-OH is 1. The normalized spacial score (nSPS) is 13.5. The average Bonchev–Trinajstić information content (AvgIpc) is 2.18. The number of hydrogen-bond donors (Lipinski definition) is 2. The van der Waals surface area contributed by atoms with E-state index in [1.165, 1.54) is 0 Å². The van der Waals surface area contributed by atoms with Gasteiger partial charge in [-0.15, -0.1) is 0 Å². The summed E-state index contributed by atoms with van der Waals surface area (Å²) in [5.41, 5.74) is 1.06. The molecule has 4 nitrogen and oxygen atoms in total. The van der Waals surface area contributed by atoms with Gasteiger partial charge in [-0.1, -0.05) is 22.0 Å². The van der Waals surface area contributed by atoms with Gasteiger partial charge >= 0.3 is 0 Å². The number of hydrogen-bond acceptors (Lipinski definition) is 3. The Bertz CT molecular complexity index is 476. The first kappa shape index (κ1) is 14.0. The van der Waals surface area contributed by atoms with E-state index in [0.29, 0.717) is 21.1 Å². The minimum Gasteiger partial charge on any atom is -0.388 e. The smallest absolute Gasteiger partial charge is 0.229 e. The molecule has 1 unspecified atom stereocenters. The minimum absolute atomic E-state index is 0.396. The van der Waals surface area contributed by atoms with E-state index >= 15 is 0 Å². The molecule has 16 heavy (non-hydrogen) atoms. The van der Waals surface area contributed by atoms with Crippen molar-refractivity contribution in [2.45, 2.75) is 6.10 Å². The van der Waals surface area contributed by atoms with Gasteiger partial charge in [-0.3, -0.25) is 4.72 Å². The molecule has 0 bridgehead atoms. The molecule has 1 atom stereocenters. The Morgan fingerprint density at radius 2 is 2.12 bits per heavy atom. The number of anilines is 1. The summed E-state index contributed by atoms with van der Waals surface area (Å²) in [6, 6.07) is 5.01. The van der Waals surface area contributed by atoms with Gasteiger partial charge in [0.05, 0.1) is 18.0 Å². The van der Waals surface area contributed by atoms with E-state index < -0.39 is 16.1 Å². The molecule has 90 valence electrons. The van der Waals surface area contributed by atoms with Crippen molar-refractivity contribution in [2.24, 2.45) is 0 Å². The summed E-state index contributed by atoms with van der Waals surface area (Å²) >= 11 is 6.39. The molecule has 0 fully saturated rings. The topological polar surface area (TPSA) is 66.4 Å². The van der Waals surface area contributed by atoms with E-state index in [-0.39, 0.29) is 0 Å². The number of aliphatic hydroxyl groups is 1. The van der Waals surface area contributed by atoms with Crippen LogP contribution in [0.4, 0.5) is 5.69 Å². The van der Waals surface area contributed by atoms with E-state index in [1.54, 1.807) is 18.2 Å². The summed E-state index contributed by atoms with van der Waals surface area (Å²) < 4.78 is 25.2. The van der Waals surface area contributed by atoms with E-state index in [1.807, 2.05) is 0 Å². The summed E-state index contributed by atoms with van der Waals surface area (Å²) in [6.07, 6.45) is 0.417. The second-order valence-electron chi connectivity index (χ2n) is 3.28. The summed E-state index contributed by atoms with van der Waals surface area (Å²) in [4.78, 5) is 0. The van der Waals surface area contributed by atoms with Crippen LogP contribution in [0.2, 0.25) is 0 Å². The minimum atomic E-state index is -3.32. The van der Waals surface area contributed by atoms with Gasteiger partial charge in [0.25, 0.3) is 0 Å². The highest BCUT2D eigenvalue weighted by atomic mass is 79.9. The Hall–Kier alpha value is -0.110. The molecule has 0 aromatic heterocycles. The lowest BCUT2D eigenvalue weighted by Crippen LogP contribution is -2.10. The van der Waals surface area contributed by atoms with Crippen LogP contribution in [-0.4, -0.2) is 25.1 Å². The Kier molecular flexibility index (Phi) is 4.78. The Labute approximate surface area is 111 Å². The van der Waals surface area contributed by atoms with Crippen molar-refractivity contribution >= 4 is 47.6 Å². The molecule has 1 aromatic carbocycles. The van der Waals surface area contributed by atoms with Gasteiger partial charge in [-0.25, -0.2) is 8.42 Å². The number of nitrogens with one attached hydrogen (secondary N) is 1. The molecule has 0 spiro atoms. The van der Waals surface area contributed by atoms with Crippen LogP contribution in [0.1, 0.15) is 11.7 Å². The van der Waals surface area contributed by atoms with Crippen LogP contribution in [0.5, 0.6) is 0 Å². The highest BCUT2D eigenvalue weighted by Gasteiger charge is 2.11. The second-order valence-corrected chi connectivity index (χ2v) is 6.53. The summed E-state index contributed by atoms with van der Waals surface area (Å²) in [7, 11) is -3.32. The molecule has 2 N–H and O–H groups in total. The van der Waals surface area contributed by atoms with Gasteiger partial charge in [-0.2, -0.15) is 0 Å². The number of sulfonamides is 1. The van der Waals surface area contributed by atoms with Crippen LogP contribution in [-0.2, 0) is 10.0 Å². The van der Waals surface area contributed by atoms with Crippen molar-refractivity contribution in [3.8, 4) is 0 Å². The molecular weight excluding hydrogens is 362 g/mol. The van der Waals surface area contributed by atoms with Gasteiger partial charge in [0.1, 0.15) is 0 Å². The quantitative estimate of drug-likeness (QED) is 0.796. The lowest BCUT2D eigenvalue weighted by atomic mass is 10.1. The summed E-state index contributed by atoms with van der Waals surface area (Å²) in [6.45, 7) is 0. The molecule has 0 heterocycles. The maximum Gasteiger partial charge on any atom is 0.229 e. The van der Waals surface area contributed by atoms with E-state index in [2.05, 4.69) is 36.6 Å². The zero-order valence-electron chi connectivity index (χ0n) is 8.44. The Morgan fingerprint density at radius 3 is 2.62 bits per heavy atom. The Morgan fingerprint density at radius 1 is 1.50 bits per heavy atom. The third kappa shape index (κ3) is 4.04. The van der Waals surface area contributed by atoms with Crippen molar-refractivity contribution in [3.05, 3.63) is 28.2 Å². The first-order valence-corrected chi connectivity index (χ1v) is 8.15. The van der Waals surface area contributed by atoms with Crippen molar-refractivity contribution in [2.75, 3.05) is 16.3 Å². The molecule has 0 aliphatic carbocycles. The highest BCUT2D eigenvalue weighted by molar-refractivity contribution is 9.10.